The number of ether oxygens (including phenoxy) is 3. The van der Waals surface area contributed by atoms with Crippen LogP contribution in [0.1, 0.15) is 43.0 Å². The second-order valence-corrected chi connectivity index (χ2v) is 7.82. The number of likely N-dealkylation sites (tertiary alicyclic amines) is 1. The van der Waals surface area contributed by atoms with Gasteiger partial charge in [-0.05, 0) is 61.7 Å². The first-order chi connectivity index (χ1) is 15.9. The molecule has 1 atom stereocenters. The summed E-state index contributed by atoms with van der Waals surface area (Å²) < 4.78 is 16.4. The lowest BCUT2D eigenvalue weighted by atomic mass is 9.94. The largest absolute Gasteiger partial charge is 0.507 e. The number of aliphatic hydroxyl groups is 1. The monoisotopic (exact) mass is 453 g/mol. The van der Waals surface area contributed by atoms with Gasteiger partial charge in [-0.25, -0.2) is 0 Å². The molecule has 0 aromatic heterocycles. The van der Waals surface area contributed by atoms with E-state index in [-0.39, 0.29) is 24.5 Å². The van der Waals surface area contributed by atoms with Crippen molar-refractivity contribution in [3.05, 3.63) is 64.7 Å². The van der Waals surface area contributed by atoms with Gasteiger partial charge in [-0.15, -0.1) is 0 Å². The highest BCUT2D eigenvalue weighted by atomic mass is 16.5. The van der Waals surface area contributed by atoms with Crippen LogP contribution in [0.15, 0.2) is 48.0 Å². The fourth-order valence-corrected chi connectivity index (χ4v) is 3.89. The lowest BCUT2D eigenvalue weighted by Gasteiger charge is -2.25. The maximum atomic E-state index is 13.0. The van der Waals surface area contributed by atoms with Gasteiger partial charge in [0.1, 0.15) is 17.3 Å². The van der Waals surface area contributed by atoms with Crippen LogP contribution in [0.3, 0.4) is 0 Å². The number of Topliss-reactive ketones (excluding diaryl/α,β-unsaturated/α-hetero) is 1. The summed E-state index contributed by atoms with van der Waals surface area (Å²) in [5.74, 6) is -0.179. The fourth-order valence-electron chi connectivity index (χ4n) is 3.89. The molecule has 1 fully saturated rings. The SMILES string of the molecule is CCCOc1ccc(/C(O)=C2/C(=O)C(=O)N(CCOC)C2c2ccc(OCC)cc2)cc1C. The number of methoxy groups -OCH3 is 1. The number of rotatable bonds is 10. The Morgan fingerprint density at radius 2 is 1.76 bits per heavy atom. The Morgan fingerprint density at radius 1 is 1.03 bits per heavy atom. The maximum absolute atomic E-state index is 13.0. The third-order valence-electron chi connectivity index (χ3n) is 5.49. The smallest absolute Gasteiger partial charge is 0.295 e. The van der Waals surface area contributed by atoms with E-state index in [0.717, 1.165) is 17.7 Å². The van der Waals surface area contributed by atoms with Crippen LogP contribution in [-0.4, -0.2) is 55.2 Å². The molecule has 1 saturated heterocycles. The van der Waals surface area contributed by atoms with Crippen molar-refractivity contribution in [1.82, 2.24) is 4.90 Å². The molecule has 1 aliphatic heterocycles. The van der Waals surface area contributed by atoms with E-state index in [1.54, 1.807) is 30.3 Å². The van der Waals surface area contributed by atoms with Crippen LogP contribution in [0.25, 0.3) is 5.76 Å². The molecule has 176 valence electrons. The molecule has 0 bridgehead atoms. The zero-order valence-corrected chi connectivity index (χ0v) is 19.6. The number of aliphatic hydroxyl groups excluding tert-OH is 1. The van der Waals surface area contributed by atoms with Gasteiger partial charge in [0.2, 0.25) is 0 Å². The Labute approximate surface area is 194 Å². The topological polar surface area (TPSA) is 85.3 Å². The Morgan fingerprint density at radius 3 is 2.36 bits per heavy atom. The van der Waals surface area contributed by atoms with Gasteiger partial charge in [-0.1, -0.05) is 19.1 Å². The highest BCUT2D eigenvalue weighted by Gasteiger charge is 2.45. The Balaban J connectivity index is 2.07. The number of hydrogen-bond donors (Lipinski definition) is 1. The van der Waals surface area contributed by atoms with E-state index in [0.29, 0.717) is 30.1 Å². The van der Waals surface area contributed by atoms with E-state index in [1.807, 2.05) is 32.9 Å². The predicted molar refractivity (Wildman–Crippen MR) is 125 cm³/mol. The first kappa shape index (κ1) is 24.3. The fraction of sp³-hybridized carbons (Fsp3) is 0.385. The first-order valence-electron chi connectivity index (χ1n) is 11.2. The molecule has 7 heteroatoms. The van der Waals surface area contributed by atoms with Crippen molar-refractivity contribution in [3.8, 4) is 11.5 Å². The summed E-state index contributed by atoms with van der Waals surface area (Å²) in [6.45, 7) is 7.41. The van der Waals surface area contributed by atoms with Gasteiger partial charge < -0.3 is 24.2 Å². The highest BCUT2D eigenvalue weighted by molar-refractivity contribution is 6.46. The van der Waals surface area contributed by atoms with Crippen molar-refractivity contribution >= 4 is 17.4 Å². The van der Waals surface area contributed by atoms with Gasteiger partial charge in [-0.3, -0.25) is 9.59 Å². The third-order valence-corrected chi connectivity index (χ3v) is 5.49. The van der Waals surface area contributed by atoms with E-state index in [1.165, 1.54) is 12.0 Å². The number of hydrogen-bond acceptors (Lipinski definition) is 6. The van der Waals surface area contributed by atoms with Crippen LogP contribution >= 0.6 is 0 Å². The molecule has 2 aromatic rings. The molecule has 0 radical (unpaired) electrons. The lowest BCUT2D eigenvalue weighted by Crippen LogP contribution is -2.32. The molecule has 7 nitrogen and oxygen atoms in total. The number of aryl methyl sites for hydroxylation is 1. The van der Waals surface area contributed by atoms with E-state index in [2.05, 4.69) is 0 Å². The van der Waals surface area contributed by atoms with Crippen LogP contribution in [0.4, 0.5) is 0 Å². The van der Waals surface area contributed by atoms with Gasteiger partial charge in [0.05, 0.1) is 31.4 Å². The number of benzene rings is 2. The second kappa shape index (κ2) is 11.0. The van der Waals surface area contributed by atoms with Crippen molar-refractivity contribution in [1.29, 1.82) is 0 Å². The normalized spacial score (nSPS) is 17.5. The molecule has 3 rings (SSSR count). The van der Waals surface area contributed by atoms with Crippen molar-refractivity contribution in [2.24, 2.45) is 0 Å². The number of carbonyl (C=O) groups is 2. The summed E-state index contributed by atoms with van der Waals surface area (Å²) >= 11 is 0. The second-order valence-electron chi connectivity index (χ2n) is 7.82. The molecule has 1 heterocycles. The highest BCUT2D eigenvalue weighted by Crippen LogP contribution is 2.40. The zero-order chi connectivity index (χ0) is 24.0. The molecule has 0 spiro atoms. The third kappa shape index (κ3) is 5.20. The molecular weight excluding hydrogens is 422 g/mol. The van der Waals surface area contributed by atoms with Gasteiger partial charge in [-0.2, -0.15) is 0 Å². The van der Waals surface area contributed by atoms with E-state index in [9.17, 15) is 14.7 Å². The summed E-state index contributed by atoms with van der Waals surface area (Å²) in [4.78, 5) is 27.4. The predicted octanol–water partition coefficient (Wildman–Crippen LogP) is 4.25. The molecule has 1 amide bonds. The minimum absolute atomic E-state index is 0.0573. The van der Waals surface area contributed by atoms with Crippen LogP contribution in [0.2, 0.25) is 0 Å². The van der Waals surface area contributed by atoms with Gasteiger partial charge in [0, 0.05) is 19.2 Å². The summed E-state index contributed by atoms with van der Waals surface area (Å²) in [6, 6.07) is 11.7. The number of amides is 1. The van der Waals surface area contributed by atoms with Crippen LogP contribution in [0.5, 0.6) is 11.5 Å². The number of nitrogens with zero attached hydrogens (tertiary/aromatic N) is 1. The summed E-state index contributed by atoms with van der Waals surface area (Å²) in [6.07, 6.45) is 0.883. The Kier molecular flexibility index (Phi) is 8.11. The van der Waals surface area contributed by atoms with Gasteiger partial charge in [0.15, 0.2) is 0 Å². The standard InChI is InChI=1S/C26H31NO6/c1-5-14-33-21-12-9-19(16-17(21)3)24(28)22-23(18-7-10-20(11-8-18)32-6-2)27(13-15-31-4)26(30)25(22)29/h7-12,16,23,28H,5-6,13-15H2,1-4H3/b24-22-. The molecule has 33 heavy (non-hydrogen) atoms. The van der Waals surface area contributed by atoms with Crippen molar-refractivity contribution in [3.63, 3.8) is 0 Å². The van der Waals surface area contributed by atoms with Crippen molar-refractivity contribution < 1.29 is 28.9 Å². The molecule has 0 saturated carbocycles. The van der Waals surface area contributed by atoms with E-state index < -0.39 is 17.7 Å². The average molecular weight is 454 g/mol. The lowest BCUT2D eigenvalue weighted by molar-refractivity contribution is -0.140. The average Bonchev–Trinajstić information content (AvgIpc) is 3.07. The summed E-state index contributed by atoms with van der Waals surface area (Å²) in [7, 11) is 1.54. The van der Waals surface area contributed by atoms with E-state index >= 15 is 0 Å². The Bertz CT molecular complexity index is 1030. The molecule has 1 N–H and O–H groups in total. The van der Waals surface area contributed by atoms with Crippen LogP contribution < -0.4 is 9.47 Å². The molecule has 2 aromatic carbocycles. The van der Waals surface area contributed by atoms with Crippen LogP contribution in [-0.2, 0) is 14.3 Å². The minimum Gasteiger partial charge on any atom is -0.507 e. The van der Waals surface area contributed by atoms with Crippen molar-refractivity contribution in [2.45, 2.75) is 33.2 Å². The van der Waals surface area contributed by atoms with Crippen LogP contribution in [0, 0.1) is 6.92 Å². The number of ketones is 1. The first-order valence-corrected chi connectivity index (χ1v) is 11.2. The molecule has 0 aliphatic carbocycles. The minimum atomic E-state index is -0.729. The van der Waals surface area contributed by atoms with E-state index in [4.69, 9.17) is 14.2 Å². The van der Waals surface area contributed by atoms with Crippen molar-refractivity contribution in [2.75, 3.05) is 33.5 Å². The molecule has 1 aliphatic rings. The van der Waals surface area contributed by atoms with Gasteiger partial charge in [0.25, 0.3) is 11.7 Å². The Hall–Kier alpha value is -3.32. The summed E-state index contributed by atoms with van der Waals surface area (Å²) in [5.41, 5.74) is 2.05. The maximum Gasteiger partial charge on any atom is 0.295 e. The quantitative estimate of drug-likeness (QED) is 0.329. The zero-order valence-electron chi connectivity index (χ0n) is 19.6. The number of carbonyl (C=O) groups excluding carboxylic acids is 2. The van der Waals surface area contributed by atoms with Gasteiger partial charge >= 0.3 is 0 Å². The molecule has 1 unspecified atom stereocenters. The molecular formula is C26H31NO6. The summed E-state index contributed by atoms with van der Waals surface area (Å²) in [5, 5.41) is 11.2.